The van der Waals surface area contributed by atoms with Crippen molar-refractivity contribution in [1.82, 2.24) is 5.32 Å². The monoisotopic (exact) mass is 441 g/mol. The summed E-state index contributed by atoms with van der Waals surface area (Å²) in [7, 11) is 2.82. The highest BCUT2D eigenvalue weighted by atomic mass is 16.6. The van der Waals surface area contributed by atoms with E-state index in [1.807, 2.05) is 6.07 Å². The third-order valence-electron chi connectivity index (χ3n) is 4.98. The van der Waals surface area contributed by atoms with Crippen LogP contribution in [0.4, 0.5) is 11.4 Å². The highest BCUT2D eigenvalue weighted by Crippen LogP contribution is 2.34. The van der Waals surface area contributed by atoms with Gasteiger partial charge in [0, 0.05) is 18.5 Å². The van der Waals surface area contributed by atoms with Gasteiger partial charge in [0.25, 0.3) is 11.6 Å². The Bertz CT molecular complexity index is 1060. The number of nitro benzene ring substituents is 1. The number of para-hydroxylation sites is 1. The van der Waals surface area contributed by atoms with E-state index >= 15 is 0 Å². The van der Waals surface area contributed by atoms with Crippen LogP contribution in [0.5, 0.6) is 11.5 Å². The second-order valence-electron chi connectivity index (χ2n) is 6.95. The van der Waals surface area contributed by atoms with Crippen LogP contribution in [0, 0.1) is 10.1 Å². The Hall–Kier alpha value is -4.15. The second-order valence-corrected chi connectivity index (χ2v) is 6.95. The van der Waals surface area contributed by atoms with Crippen LogP contribution in [0.2, 0.25) is 0 Å². The number of hydrazone groups is 1. The molecule has 0 spiro atoms. The fourth-order valence-corrected chi connectivity index (χ4v) is 3.38. The van der Waals surface area contributed by atoms with Crippen LogP contribution in [0.25, 0.3) is 0 Å². The van der Waals surface area contributed by atoms with E-state index < -0.39 is 22.8 Å². The summed E-state index contributed by atoms with van der Waals surface area (Å²) in [6.45, 7) is 0.112. The van der Waals surface area contributed by atoms with Crippen LogP contribution in [0.3, 0.4) is 0 Å². The number of hydrogen-bond donors (Lipinski definition) is 2. The summed E-state index contributed by atoms with van der Waals surface area (Å²) < 4.78 is 10.3. The summed E-state index contributed by atoms with van der Waals surface area (Å²) in [6.07, 6.45) is 0.240. The first-order chi connectivity index (χ1) is 15.3. The highest BCUT2D eigenvalue weighted by Gasteiger charge is 2.34. The third-order valence-corrected chi connectivity index (χ3v) is 4.98. The van der Waals surface area contributed by atoms with E-state index in [2.05, 4.69) is 10.4 Å². The molecule has 2 aromatic carbocycles. The summed E-state index contributed by atoms with van der Waals surface area (Å²) >= 11 is 0. The van der Waals surface area contributed by atoms with E-state index in [0.717, 1.165) is 0 Å². The smallest absolute Gasteiger partial charge is 0.276 e. The van der Waals surface area contributed by atoms with Gasteiger partial charge in [0.15, 0.2) is 11.5 Å². The van der Waals surface area contributed by atoms with Crippen LogP contribution < -0.4 is 25.5 Å². The van der Waals surface area contributed by atoms with E-state index in [0.29, 0.717) is 17.0 Å². The molecule has 1 aliphatic heterocycles. The summed E-state index contributed by atoms with van der Waals surface area (Å²) in [6, 6.07) is 10.9. The molecule has 3 rings (SSSR count). The Morgan fingerprint density at radius 1 is 1.22 bits per heavy atom. The Morgan fingerprint density at radius 3 is 2.47 bits per heavy atom. The molecule has 1 atom stereocenters. The number of amides is 2. The number of methoxy groups -OCH3 is 2. The molecule has 11 nitrogen and oxygen atoms in total. The number of primary amides is 1. The van der Waals surface area contributed by atoms with Gasteiger partial charge in [-0.15, -0.1) is 0 Å². The zero-order chi connectivity index (χ0) is 23.3. The standard InChI is InChI=1S/C21H23N5O6/c1-31-18-10-13(16(26(29)30)12-19(18)32-2)8-9-23-21(28)15-11-17(20(22)27)25(24-15)14-6-4-3-5-7-14/h3-7,10,12,17H,8-9,11H2,1-2H3,(H2,22,27)(H,23,28). The minimum atomic E-state index is -0.773. The number of nitrogens with two attached hydrogens (primary N) is 1. The zero-order valence-electron chi connectivity index (χ0n) is 17.6. The van der Waals surface area contributed by atoms with Gasteiger partial charge < -0.3 is 20.5 Å². The highest BCUT2D eigenvalue weighted by molar-refractivity contribution is 6.40. The molecule has 11 heteroatoms. The molecule has 2 aromatic rings. The topological polar surface area (TPSA) is 149 Å². The minimum Gasteiger partial charge on any atom is -0.493 e. The van der Waals surface area contributed by atoms with Crippen LogP contribution >= 0.6 is 0 Å². The van der Waals surface area contributed by atoms with Gasteiger partial charge in [-0.25, -0.2) is 0 Å². The van der Waals surface area contributed by atoms with Crippen molar-refractivity contribution in [2.75, 3.05) is 25.8 Å². The average molecular weight is 441 g/mol. The zero-order valence-corrected chi connectivity index (χ0v) is 17.6. The van der Waals surface area contributed by atoms with Crippen LogP contribution in [0.15, 0.2) is 47.6 Å². The van der Waals surface area contributed by atoms with Crippen LogP contribution in [0.1, 0.15) is 12.0 Å². The molecule has 0 radical (unpaired) electrons. The van der Waals surface area contributed by atoms with Crippen molar-refractivity contribution in [3.63, 3.8) is 0 Å². The molecule has 1 aliphatic rings. The molecule has 3 N–H and O–H groups in total. The Kier molecular flexibility index (Phi) is 6.88. The van der Waals surface area contributed by atoms with Gasteiger partial charge >= 0.3 is 0 Å². The van der Waals surface area contributed by atoms with Gasteiger partial charge in [0.05, 0.1) is 30.9 Å². The van der Waals surface area contributed by atoms with Gasteiger partial charge in [-0.1, -0.05) is 18.2 Å². The van der Waals surface area contributed by atoms with Gasteiger partial charge in [-0.2, -0.15) is 5.10 Å². The molecule has 1 heterocycles. The van der Waals surface area contributed by atoms with Gasteiger partial charge in [0.2, 0.25) is 5.91 Å². The van der Waals surface area contributed by atoms with Crippen molar-refractivity contribution < 1.29 is 24.0 Å². The SMILES string of the molecule is COc1cc(CCNC(=O)C2=NN(c3ccccc3)C(C(N)=O)C2)c([N+](=O)[O-])cc1OC. The van der Waals surface area contributed by atoms with E-state index in [9.17, 15) is 19.7 Å². The molecule has 0 saturated heterocycles. The van der Waals surface area contributed by atoms with Crippen molar-refractivity contribution >= 4 is 28.9 Å². The predicted molar refractivity (Wildman–Crippen MR) is 117 cm³/mol. The number of rotatable bonds is 9. The Labute approximate surface area is 183 Å². The number of carbonyl (C=O) groups excluding carboxylic acids is 2. The number of benzene rings is 2. The number of nitrogens with zero attached hydrogens (tertiary/aromatic N) is 3. The number of nitro groups is 1. The largest absolute Gasteiger partial charge is 0.493 e. The maximum Gasteiger partial charge on any atom is 0.276 e. The van der Waals surface area contributed by atoms with E-state index in [-0.39, 0.29) is 36.5 Å². The van der Waals surface area contributed by atoms with E-state index in [1.54, 1.807) is 24.3 Å². The van der Waals surface area contributed by atoms with Crippen molar-refractivity contribution in [3.8, 4) is 11.5 Å². The quantitative estimate of drug-likeness (QED) is 0.441. The molecular weight excluding hydrogens is 418 g/mol. The molecule has 0 aliphatic carbocycles. The molecule has 1 unspecified atom stereocenters. The maximum atomic E-state index is 12.6. The first-order valence-electron chi connectivity index (χ1n) is 9.74. The van der Waals surface area contributed by atoms with Crippen LogP contribution in [-0.4, -0.2) is 49.3 Å². The fourth-order valence-electron chi connectivity index (χ4n) is 3.38. The van der Waals surface area contributed by atoms with Gasteiger partial charge in [-0.3, -0.25) is 24.7 Å². The van der Waals surface area contributed by atoms with Crippen LogP contribution in [-0.2, 0) is 16.0 Å². The lowest BCUT2D eigenvalue weighted by Gasteiger charge is -2.20. The first-order valence-corrected chi connectivity index (χ1v) is 9.74. The summed E-state index contributed by atoms with van der Waals surface area (Å²) in [5.74, 6) is -0.479. The normalized spacial score (nSPS) is 15.1. The molecule has 0 fully saturated rings. The summed E-state index contributed by atoms with van der Waals surface area (Å²) in [5.41, 5.74) is 6.52. The third kappa shape index (κ3) is 4.77. The molecule has 32 heavy (non-hydrogen) atoms. The van der Waals surface area contributed by atoms with E-state index in [1.165, 1.54) is 31.4 Å². The lowest BCUT2D eigenvalue weighted by Crippen LogP contribution is -2.40. The Balaban J connectivity index is 1.71. The number of hydrogen-bond acceptors (Lipinski definition) is 8. The minimum absolute atomic E-state index is 0.0621. The second kappa shape index (κ2) is 9.77. The van der Waals surface area contributed by atoms with Crippen molar-refractivity contribution in [1.29, 1.82) is 0 Å². The molecule has 0 bridgehead atoms. The molecule has 0 saturated carbocycles. The lowest BCUT2D eigenvalue weighted by atomic mass is 10.1. The molecular formula is C21H23N5O6. The molecule has 168 valence electrons. The number of anilines is 1. The maximum absolute atomic E-state index is 12.6. The van der Waals surface area contributed by atoms with Gasteiger partial charge in [-0.05, 0) is 24.6 Å². The molecule has 2 amide bonds. The van der Waals surface area contributed by atoms with Crippen molar-refractivity contribution in [2.24, 2.45) is 10.8 Å². The fraction of sp³-hybridized carbons (Fsp3) is 0.286. The van der Waals surface area contributed by atoms with Crippen molar-refractivity contribution in [2.45, 2.75) is 18.9 Å². The van der Waals surface area contributed by atoms with E-state index in [4.69, 9.17) is 15.2 Å². The number of ether oxygens (including phenoxy) is 2. The number of carbonyl (C=O) groups is 2. The Morgan fingerprint density at radius 2 is 1.88 bits per heavy atom. The average Bonchev–Trinajstić information content (AvgIpc) is 3.25. The van der Waals surface area contributed by atoms with Crippen molar-refractivity contribution in [3.05, 3.63) is 58.1 Å². The van der Waals surface area contributed by atoms with Gasteiger partial charge in [0.1, 0.15) is 11.8 Å². The lowest BCUT2D eigenvalue weighted by molar-refractivity contribution is -0.385. The molecule has 0 aromatic heterocycles. The summed E-state index contributed by atoms with van der Waals surface area (Å²) in [5, 5.41) is 19.8. The first kappa shape index (κ1) is 22.5. The number of nitrogens with one attached hydrogen (secondary N) is 1. The summed E-state index contributed by atoms with van der Waals surface area (Å²) in [4.78, 5) is 35.4. The predicted octanol–water partition coefficient (Wildman–Crippen LogP) is 1.39.